The molecule has 0 radical (unpaired) electrons. The average molecular weight is 201 g/mol. The highest BCUT2D eigenvalue weighted by Crippen LogP contribution is 2.51. The second kappa shape index (κ2) is 2.28. The van der Waals surface area contributed by atoms with Gasteiger partial charge in [-0.3, -0.25) is 0 Å². The Balaban J connectivity index is 2.11. The lowest BCUT2D eigenvalue weighted by Gasteiger charge is -2.39. The Kier molecular flexibility index (Phi) is 1.45. The molecule has 3 saturated carbocycles. The van der Waals surface area contributed by atoms with Gasteiger partial charge in [0.15, 0.2) is 0 Å². The Morgan fingerprint density at radius 2 is 2.00 bits per heavy atom. The van der Waals surface area contributed by atoms with Crippen LogP contribution in [0.2, 0.25) is 0 Å². The van der Waals surface area contributed by atoms with Gasteiger partial charge in [-0.2, -0.15) is 0 Å². The van der Waals surface area contributed by atoms with Crippen LogP contribution in [0.5, 0.6) is 0 Å². The van der Waals surface area contributed by atoms with Crippen molar-refractivity contribution in [3.63, 3.8) is 0 Å². The Hall–Kier alpha value is -0.0900. The van der Waals surface area contributed by atoms with Crippen LogP contribution >= 0.6 is 0 Å². The highest BCUT2D eigenvalue weighted by molar-refractivity contribution is 7.90. The van der Waals surface area contributed by atoms with Crippen molar-refractivity contribution in [3.8, 4) is 0 Å². The smallest absolute Gasteiger partial charge is 0.212 e. The SMILES string of the molecule is CN1C2CC3CCC2C(C3)S1(=O)=O. The topological polar surface area (TPSA) is 37.4 Å². The van der Waals surface area contributed by atoms with Crippen molar-refractivity contribution in [2.45, 2.75) is 37.0 Å². The quantitative estimate of drug-likeness (QED) is 0.582. The summed E-state index contributed by atoms with van der Waals surface area (Å²) in [6.45, 7) is 0. The summed E-state index contributed by atoms with van der Waals surface area (Å²) in [5.41, 5.74) is 0. The van der Waals surface area contributed by atoms with Crippen molar-refractivity contribution in [1.82, 2.24) is 4.31 Å². The van der Waals surface area contributed by atoms with Gasteiger partial charge in [-0.1, -0.05) is 0 Å². The standard InChI is InChI=1S/C9H15NO2S/c1-10-8-4-6-2-3-7(8)9(5-6)13(10,11)12/h6-9H,2-5H2,1H3. The van der Waals surface area contributed by atoms with Gasteiger partial charge in [0.2, 0.25) is 10.0 Å². The molecule has 0 N–H and O–H groups in total. The fraction of sp³-hybridized carbons (Fsp3) is 1.00. The molecule has 4 rings (SSSR count). The van der Waals surface area contributed by atoms with Crippen LogP contribution in [-0.2, 0) is 10.0 Å². The Bertz CT molecular complexity index is 338. The maximum Gasteiger partial charge on any atom is 0.217 e. The minimum absolute atomic E-state index is 0.0185. The molecule has 0 amide bonds. The van der Waals surface area contributed by atoms with E-state index in [0.717, 1.165) is 19.3 Å². The van der Waals surface area contributed by atoms with Crippen molar-refractivity contribution in [2.24, 2.45) is 11.8 Å². The molecule has 1 heterocycles. The zero-order valence-corrected chi connectivity index (χ0v) is 8.63. The van der Waals surface area contributed by atoms with Gasteiger partial charge in [0.25, 0.3) is 0 Å². The molecule has 4 bridgehead atoms. The first-order chi connectivity index (χ1) is 6.10. The zero-order chi connectivity index (χ0) is 9.22. The van der Waals surface area contributed by atoms with Gasteiger partial charge in [0.1, 0.15) is 0 Å². The van der Waals surface area contributed by atoms with Crippen molar-refractivity contribution >= 4 is 10.0 Å². The van der Waals surface area contributed by atoms with E-state index in [1.807, 2.05) is 0 Å². The van der Waals surface area contributed by atoms with Crippen LogP contribution in [0.15, 0.2) is 0 Å². The molecular formula is C9H15NO2S. The zero-order valence-electron chi connectivity index (χ0n) is 7.81. The number of hydrogen-bond donors (Lipinski definition) is 0. The molecule has 0 aromatic heterocycles. The average Bonchev–Trinajstić information content (AvgIpc) is 2.28. The monoisotopic (exact) mass is 201 g/mol. The van der Waals surface area contributed by atoms with Crippen molar-refractivity contribution in [2.75, 3.05) is 7.05 Å². The van der Waals surface area contributed by atoms with Gasteiger partial charge in [0.05, 0.1) is 5.25 Å². The molecule has 4 heteroatoms. The molecule has 4 atom stereocenters. The Labute approximate surface area is 79.2 Å². The summed E-state index contributed by atoms with van der Waals surface area (Å²) < 4.78 is 25.4. The van der Waals surface area contributed by atoms with Gasteiger partial charge in [-0.05, 0) is 37.5 Å². The van der Waals surface area contributed by atoms with Gasteiger partial charge in [-0.15, -0.1) is 0 Å². The second-order valence-corrected chi connectivity index (χ2v) is 6.96. The molecule has 4 aliphatic rings. The van der Waals surface area contributed by atoms with E-state index in [9.17, 15) is 8.42 Å². The van der Waals surface area contributed by atoms with E-state index in [2.05, 4.69) is 0 Å². The highest BCUT2D eigenvalue weighted by Gasteiger charge is 2.57. The van der Waals surface area contributed by atoms with E-state index in [1.54, 1.807) is 11.4 Å². The molecule has 13 heavy (non-hydrogen) atoms. The number of hydrogen-bond acceptors (Lipinski definition) is 2. The maximum atomic E-state index is 11.9. The highest BCUT2D eigenvalue weighted by atomic mass is 32.2. The lowest BCUT2D eigenvalue weighted by Crippen LogP contribution is -2.41. The third-order valence-electron chi connectivity index (χ3n) is 4.27. The summed E-state index contributed by atoms with van der Waals surface area (Å²) in [4.78, 5) is 0. The van der Waals surface area contributed by atoms with E-state index in [-0.39, 0.29) is 5.25 Å². The van der Waals surface area contributed by atoms with Crippen molar-refractivity contribution in [1.29, 1.82) is 0 Å². The fourth-order valence-electron chi connectivity index (χ4n) is 3.57. The van der Waals surface area contributed by atoms with Crippen LogP contribution in [0.25, 0.3) is 0 Å². The number of fused-ring (bicyclic) bond motifs is 1. The molecule has 1 aliphatic heterocycles. The normalized spacial score (nSPS) is 52.7. The van der Waals surface area contributed by atoms with Gasteiger partial charge in [-0.25, -0.2) is 12.7 Å². The van der Waals surface area contributed by atoms with Gasteiger partial charge < -0.3 is 0 Å². The Morgan fingerprint density at radius 3 is 2.54 bits per heavy atom. The Morgan fingerprint density at radius 1 is 1.23 bits per heavy atom. The molecule has 0 aromatic carbocycles. The van der Waals surface area contributed by atoms with Crippen LogP contribution in [0.4, 0.5) is 0 Å². The summed E-state index contributed by atoms with van der Waals surface area (Å²) in [6, 6.07) is 0.350. The largest absolute Gasteiger partial charge is 0.217 e. The predicted octanol–water partition coefficient (Wildman–Crippen LogP) is 0.819. The summed E-state index contributed by atoms with van der Waals surface area (Å²) in [5.74, 6) is 1.15. The number of sulfonamides is 1. The summed E-state index contributed by atoms with van der Waals surface area (Å²) in [5, 5.41) is -0.0185. The molecule has 0 spiro atoms. The molecule has 4 unspecified atom stereocenters. The number of nitrogens with zero attached hydrogens (tertiary/aromatic N) is 1. The molecule has 0 aromatic rings. The van der Waals surface area contributed by atoms with Crippen molar-refractivity contribution in [3.05, 3.63) is 0 Å². The fourth-order valence-corrected chi connectivity index (χ4v) is 5.89. The van der Waals surface area contributed by atoms with E-state index in [0.29, 0.717) is 17.9 Å². The molecule has 74 valence electrons. The summed E-state index contributed by atoms with van der Waals surface area (Å²) in [6.07, 6.45) is 4.47. The van der Waals surface area contributed by atoms with E-state index in [4.69, 9.17) is 0 Å². The first-order valence-electron chi connectivity index (χ1n) is 5.07. The number of rotatable bonds is 0. The van der Waals surface area contributed by atoms with Crippen LogP contribution in [0, 0.1) is 11.8 Å². The molecule has 3 aliphatic carbocycles. The van der Waals surface area contributed by atoms with E-state index in [1.165, 1.54) is 6.42 Å². The first kappa shape index (κ1) is 8.24. The molecule has 4 fully saturated rings. The maximum absolute atomic E-state index is 11.9. The van der Waals surface area contributed by atoms with Crippen LogP contribution in [-0.4, -0.2) is 31.1 Å². The third kappa shape index (κ3) is 0.859. The van der Waals surface area contributed by atoms with Gasteiger partial charge in [0, 0.05) is 13.1 Å². The molecular weight excluding hydrogens is 186 g/mol. The van der Waals surface area contributed by atoms with Crippen molar-refractivity contribution < 1.29 is 8.42 Å². The van der Waals surface area contributed by atoms with E-state index < -0.39 is 10.0 Å². The second-order valence-electron chi connectivity index (χ2n) is 4.75. The minimum Gasteiger partial charge on any atom is -0.212 e. The predicted molar refractivity (Wildman–Crippen MR) is 49.7 cm³/mol. The molecule has 3 nitrogen and oxygen atoms in total. The summed E-state index contributed by atoms with van der Waals surface area (Å²) >= 11 is 0. The van der Waals surface area contributed by atoms with E-state index >= 15 is 0 Å². The van der Waals surface area contributed by atoms with Crippen LogP contribution in [0.3, 0.4) is 0 Å². The third-order valence-corrected chi connectivity index (χ3v) is 6.65. The lowest BCUT2D eigenvalue weighted by molar-refractivity contribution is 0.125. The molecule has 1 saturated heterocycles. The van der Waals surface area contributed by atoms with Crippen LogP contribution in [0.1, 0.15) is 25.7 Å². The minimum atomic E-state index is -2.90. The lowest BCUT2D eigenvalue weighted by atomic mass is 9.68. The summed E-state index contributed by atoms with van der Waals surface area (Å²) in [7, 11) is -1.14. The van der Waals surface area contributed by atoms with Gasteiger partial charge >= 0.3 is 0 Å². The first-order valence-corrected chi connectivity index (χ1v) is 6.58. The van der Waals surface area contributed by atoms with Crippen LogP contribution < -0.4 is 0 Å².